The van der Waals surface area contributed by atoms with Crippen molar-refractivity contribution in [3.63, 3.8) is 0 Å². The number of hydrogen-bond donors (Lipinski definition) is 0. The summed E-state index contributed by atoms with van der Waals surface area (Å²) in [5, 5.41) is 0.428. The highest BCUT2D eigenvalue weighted by Gasteiger charge is 2.26. The first-order chi connectivity index (χ1) is 15.0. The van der Waals surface area contributed by atoms with Crippen molar-refractivity contribution in [1.29, 1.82) is 0 Å². The SMILES string of the molecule is CCc1ccc(/C=C\C2=CC(=C/C3=Nc4ccccc4S[C@@H]3CC)/CC(C)(C)C2)cc1. The molecule has 31 heavy (non-hydrogen) atoms. The van der Waals surface area contributed by atoms with E-state index in [1.54, 1.807) is 0 Å². The lowest BCUT2D eigenvalue weighted by Crippen LogP contribution is -2.20. The summed E-state index contributed by atoms with van der Waals surface area (Å²) in [6.45, 7) is 9.21. The highest BCUT2D eigenvalue weighted by atomic mass is 32.2. The molecule has 0 N–H and O–H groups in total. The van der Waals surface area contributed by atoms with Crippen LogP contribution in [0.1, 0.15) is 58.1 Å². The van der Waals surface area contributed by atoms with Gasteiger partial charge >= 0.3 is 0 Å². The minimum absolute atomic E-state index is 0.258. The Morgan fingerprint density at radius 1 is 1.00 bits per heavy atom. The number of nitrogens with zero attached hydrogens (tertiary/aromatic N) is 1. The Hall–Kier alpha value is -2.32. The summed E-state index contributed by atoms with van der Waals surface area (Å²) in [6, 6.07) is 17.4. The van der Waals surface area contributed by atoms with Gasteiger partial charge in [-0.2, -0.15) is 0 Å². The molecule has 1 aliphatic carbocycles. The van der Waals surface area contributed by atoms with Gasteiger partial charge in [-0.1, -0.05) is 82.3 Å². The lowest BCUT2D eigenvalue weighted by Gasteiger charge is -2.31. The van der Waals surface area contributed by atoms with Crippen LogP contribution in [0.3, 0.4) is 0 Å². The fourth-order valence-electron chi connectivity index (χ4n) is 4.46. The van der Waals surface area contributed by atoms with Crippen molar-refractivity contribution < 1.29 is 0 Å². The Kier molecular flexibility index (Phi) is 6.67. The maximum atomic E-state index is 5.05. The van der Waals surface area contributed by atoms with Crippen molar-refractivity contribution in [3.8, 4) is 0 Å². The summed E-state index contributed by atoms with van der Waals surface area (Å²) in [5.74, 6) is 0. The zero-order valence-electron chi connectivity index (χ0n) is 19.2. The zero-order valence-corrected chi connectivity index (χ0v) is 20.0. The van der Waals surface area contributed by atoms with E-state index in [4.69, 9.17) is 4.99 Å². The lowest BCUT2D eigenvalue weighted by molar-refractivity contribution is 0.355. The van der Waals surface area contributed by atoms with Crippen molar-refractivity contribution >= 4 is 29.2 Å². The van der Waals surface area contributed by atoms with E-state index < -0.39 is 0 Å². The molecule has 2 heteroatoms. The quantitative estimate of drug-likeness (QED) is 0.465. The minimum Gasteiger partial charge on any atom is -0.251 e. The second-order valence-electron chi connectivity index (χ2n) is 9.40. The molecule has 0 saturated heterocycles. The molecule has 0 saturated carbocycles. The van der Waals surface area contributed by atoms with Crippen LogP contribution in [-0.2, 0) is 6.42 Å². The first-order valence-corrected chi connectivity index (χ1v) is 12.4. The molecule has 1 heterocycles. The fraction of sp³-hybridized carbons (Fsp3) is 0.345. The maximum absolute atomic E-state index is 5.05. The molecule has 4 rings (SSSR count). The topological polar surface area (TPSA) is 12.4 Å². The average molecular weight is 428 g/mol. The van der Waals surface area contributed by atoms with Gasteiger partial charge in [0.15, 0.2) is 0 Å². The molecular formula is C29H33NS. The fourth-order valence-corrected chi connectivity index (χ4v) is 5.56. The molecule has 0 amide bonds. The smallest absolute Gasteiger partial charge is 0.0769 e. The van der Waals surface area contributed by atoms with Crippen molar-refractivity contribution in [2.24, 2.45) is 10.4 Å². The van der Waals surface area contributed by atoms with E-state index in [2.05, 4.69) is 101 Å². The summed E-state index contributed by atoms with van der Waals surface area (Å²) >= 11 is 1.95. The summed E-state index contributed by atoms with van der Waals surface area (Å²) < 4.78 is 0. The molecule has 2 aromatic rings. The molecule has 0 unspecified atom stereocenters. The first kappa shape index (κ1) is 21.9. The number of benzene rings is 2. The van der Waals surface area contributed by atoms with Crippen molar-refractivity contribution in [1.82, 2.24) is 0 Å². The number of para-hydroxylation sites is 1. The van der Waals surface area contributed by atoms with E-state index >= 15 is 0 Å². The van der Waals surface area contributed by atoms with Crippen molar-refractivity contribution in [3.05, 3.63) is 89.0 Å². The monoisotopic (exact) mass is 427 g/mol. The molecule has 160 valence electrons. The molecule has 2 aromatic carbocycles. The Balaban J connectivity index is 1.62. The number of allylic oxidation sites excluding steroid dienone is 5. The van der Waals surface area contributed by atoms with Crippen molar-refractivity contribution in [2.75, 3.05) is 0 Å². The van der Waals surface area contributed by atoms with Gasteiger partial charge < -0.3 is 0 Å². The van der Waals surface area contributed by atoms with E-state index in [1.165, 1.54) is 32.9 Å². The summed E-state index contributed by atoms with van der Waals surface area (Å²) in [7, 11) is 0. The molecule has 0 fully saturated rings. The first-order valence-electron chi connectivity index (χ1n) is 11.5. The van der Waals surface area contributed by atoms with Crippen molar-refractivity contribution in [2.45, 2.75) is 63.5 Å². The molecule has 1 nitrogen and oxygen atoms in total. The number of fused-ring (bicyclic) bond motifs is 1. The molecule has 0 aromatic heterocycles. The van der Waals surface area contributed by atoms with Gasteiger partial charge in [0.1, 0.15) is 0 Å². The number of aliphatic imine (C=N–C) groups is 1. The van der Waals surface area contributed by atoms with Gasteiger partial charge in [0.25, 0.3) is 0 Å². The third-order valence-electron chi connectivity index (χ3n) is 6.03. The normalized spacial score (nSPS) is 21.7. The van der Waals surface area contributed by atoms with Gasteiger partial charge in [0.2, 0.25) is 0 Å². The highest BCUT2D eigenvalue weighted by Crippen LogP contribution is 2.42. The molecular weight excluding hydrogens is 394 g/mol. The van der Waals surface area contributed by atoms with Crippen LogP contribution >= 0.6 is 11.8 Å². The van der Waals surface area contributed by atoms with Crippen LogP contribution in [0.5, 0.6) is 0 Å². The van der Waals surface area contributed by atoms with E-state index in [0.717, 1.165) is 31.4 Å². The molecule has 1 aliphatic heterocycles. The largest absolute Gasteiger partial charge is 0.251 e. The van der Waals surface area contributed by atoms with Gasteiger partial charge in [0.05, 0.1) is 16.6 Å². The van der Waals surface area contributed by atoms with Crippen LogP contribution in [0.25, 0.3) is 6.08 Å². The van der Waals surface area contributed by atoms with E-state index in [0.29, 0.717) is 5.25 Å². The third kappa shape index (κ3) is 5.49. The van der Waals surface area contributed by atoms with Gasteiger partial charge in [-0.3, -0.25) is 4.99 Å². The molecule has 0 radical (unpaired) electrons. The van der Waals surface area contributed by atoms with E-state index in [9.17, 15) is 0 Å². The summed E-state index contributed by atoms with van der Waals surface area (Å²) in [5.41, 5.74) is 8.04. The maximum Gasteiger partial charge on any atom is 0.0769 e. The van der Waals surface area contributed by atoms with Gasteiger partial charge in [-0.05, 0) is 71.6 Å². The predicted octanol–water partition coefficient (Wildman–Crippen LogP) is 8.59. The Morgan fingerprint density at radius 3 is 2.52 bits per heavy atom. The van der Waals surface area contributed by atoms with Gasteiger partial charge in [-0.25, -0.2) is 0 Å². The number of aryl methyl sites for hydroxylation is 1. The molecule has 2 aliphatic rings. The van der Waals surface area contributed by atoms with E-state index in [1.807, 2.05) is 11.8 Å². The van der Waals surface area contributed by atoms with Crippen LogP contribution in [0.15, 0.2) is 87.8 Å². The van der Waals surface area contributed by atoms with Crippen LogP contribution < -0.4 is 0 Å². The molecule has 1 atom stereocenters. The average Bonchev–Trinajstić information content (AvgIpc) is 2.76. The summed E-state index contributed by atoms with van der Waals surface area (Å²) in [4.78, 5) is 6.35. The Morgan fingerprint density at radius 2 is 1.77 bits per heavy atom. The second kappa shape index (κ2) is 9.44. The minimum atomic E-state index is 0.258. The third-order valence-corrected chi connectivity index (χ3v) is 7.49. The number of hydrogen-bond acceptors (Lipinski definition) is 2. The lowest BCUT2D eigenvalue weighted by atomic mass is 9.75. The Labute approximate surface area is 192 Å². The standard InChI is InChI=1S/C29H33NS/c1-5-21-11-13-22(14-12-21)15-16-23-17-24(20-29(3,4)19-23)18-26-27(6-2)31-28-10-8-7-9-25(28)30-26/h7-18,27H,5-6,19-20H2,1-4H3/b16-15-,24-18-/t27-/m1/s1. The van der Waals surface area contributed by atoms with Crippen LogP contribution in [-0.4, -0.2) is 11.0 Å². The number of rotatable bonds is 5. The molecule has 0 bridgehead atoms. The summed E-state index contributed by atoms with van der Waals surface area (Å²) in [6.07, 6.45) is 13.7. The number of thioether (sulfide) groups is 1. The highest BCUT2D eigenvalue weighted by molar-refractivity contribution is 8.01. The van der Waals surface area contributed by atoms with Crippen LogP contribution in [0.2, 0.25) is 0 Å². The molecule has 0 spiro atoms. The van der Waals surface area contributed by atoms with Gasteiger partial charge in [0, 0.05) is 4.90 Å². The predicted molar refractivity (Wildman–Crippen MR) is 138 cm³/mol. The van der Waals surface area contributed by atoms with Crippen LogP contribution in [0, 0.1) is 5.41 Å². The Bertz CT molecular complexity index is 1050. The zero-order chi connectivity index (χ0) is 21.8. The van der Waals surface area contributed by atoms with Crippen LogP contribution in [0.4, 0.5) is 5.69 Å². The van der Waals surface area contributed by atoms with Gasteiger partial charge in [-0.15, -0.1) is 11.8 Å². The van der Waals surface area contributed by atoms with E-state index in [-0.39, 0.29) is 5.41 Å². The second-order valence-corrected chi connectivity index (χ2v) is 10.6.